The quantitative estimate of drug-likeness (QED) is 0.778. The molecular weight excluding hydrogens is 176 g/mol. The SMILES string of the molecule is Cc1cn(-c2ccc(CO)cc2)cn1. The van der Waals surface area contributed by atoms with E-state index in [9.17, 15) is 0 Å². The van der Waals surface area contributed by atoms with E-state index in [4.69, 9.17) is 5.11 Å². The number of aryl methyl sites for hydroxylation is 1. The maximum Gasteiger partial charge on any atom is 0.0995 e. The lowest BCUT2D eigenvalue weighted by Crippen LogP contribution is -1.90. The summed E-state index contributed by atoms with van der Waals surface area (Å²) < 4.78 is 1.95. The van der Waals surface area contributed by atoms with Gasteiger partial charge in [-0.25, -0.2) is 4.98 Å². The zero-order valence-corrected chi connectivity index (χ0v) is 8.01. The number of imidazole rings is 1. The molecule has 72 valence electrons. The van der Waals surface area contributed by atoms with Crippen molar-refractivity contribution in [2.24, 2.45) is 0 Å². The summed E-state index contributed by atoms with van der Waals surface area (Å²) in [7, 11) is 0. The van der Waals surface area contributed by atoms with Gasteiger partial charge in [-0.3, -0.25) is 0 Å². The summed E-state index contributed by atoms with van der Waals surface area (Å²) in [5.41, 5.74) is 2.98. The molecule has 3 heteroatoms. The average Bonchev–Trinajstić information content (AvgIpc) is 2.65. The normalized spacial score (nSPS) is 10.4. The highest BCUT2D eigenvalue weighted by molar-refractivity contribution is 5.34. The Morgan fingerprint density at radius 2 is 2.00 bits per heavy atom. The lowest BCUT2D eigenvalue weighted by atomic mass is 10.2. The molecule has 1 N–H and O–H groups in total. The molecular formula is C11H12N2O. The monoisotopic (exact) mass is 188 g/mol. The smallest absolute Gasteiger partial charge is 0.0995 e. The van der Waals surface area contributed by atoms with Gasteiger partial charge in [0.05, 0.1) is 18.6 Å². The molecule has 1 aromatic heterocycles. The first kappa shape index (κ1) is 8.97. The van der Waals surface area contributed by atoms with E-state index in [2.05, 4.69) is 4.98 Å². The van der Waals surface area contributed by atoms with Gasteiger partial charge < -0.3 is 9.67 Å². The van der Waals surface area contributed by atoms with Crippen LogP contribution in [-0.2, 0) is 6.61 Å². The summed E-state index contributed by atoms with van der Waals surface area (Å²) in [6.07, 6.45) is 3.75. The lowest BCUT2D eigenvalue weighted by molar-refractivity contribution is 0.282. The molecule has 2 rings (SSSR count). The minimum atomic E-state index is 0.0865. The maximum absolute atomic E-state index is 8.88. The van der Waals surface area contributed by atoms with Crippen LogP contribution in [0.1, 0.15) is 11.3 Å². The van der Waals surface area contributed by atoms with Crippen molar-refractivity contribution in [1.82, 2.24) is 9.55 Å². The third-order valence-electron chi connectivity index (χ3n) is 2.13. The molecule has 0 aliphatic carbocycles. The Hall–Kier alpha value is -1.61. The Morgan fingerprint density at radius 3 is 2.50 bits per heavy atom. The molecule has 0 saturated carbocycles. The molecule has 0 bridgehead atoms. The minimum absolute atomic E-state index is 0.0865. The third-order valence-corrected chi connectivity index (χ3v) is 2.13. The largest absolute Gasteiger partial charge is 0.392 e. The van der Waals surface area contributed by atoms with Gasteiger partial charge >= 0.3 is 0 Å². The van der Waals surface area contributed by atoms with Gasteiger partial charge in [-0.2, -0.15) is 0 Å². The molecule has 14 heavy (non-hydrogen) atoms. The van der Waals surface area contributed by atoms with Crippen molar-refractivity contribution in [2.75, 3.05) is 0 Å². The molecule has 0 saturated heterocycles. The number of aliphatic hydroxyl groups excluding tert-OH is 1. The molecule has 0 radical (unpaired) electrons. The Labute approximate surface area is 82.7 Å². The summed E-state index contributed by atoms with van der Waals surface area (Å²) in [6.45, 7) is 2.04. The van der Waals surface area contributed by atoms with E-state index in [1.54, 1.807) is 6.33 Å². The zero-order valence-electron chi connectivity index (χ0n) is 8.01. The highest BCUT2D eigenvalue weighted by Gasteiger charge is 1.97. The van der Waals surface area contributed by atoms with E-state index in [1.165, 1.54) is 0 Å². The maximum atomic E-state index is 8.88. The van der Waals surface area contributed by atoms with Crippen molar-refractivity contribution >= 4 is 0 Å². The van der Waals surface area contributed by atoms with Crippen LogP contribution in [0.15, 0.2) is 36.8 Å². The number of benzene rings is 1. The number of aliphatic hydroxyl groups is 1. The van der Waals surface area contributed by atoms with Crippen molar-refractivity contribution in [3.05, 3.63) is 48.0 Å². The highest BCUT2D eigenvalue weighted by atomic mass is 16.3. The molecule has 0 aliphatic heterocycles. The standard InChI is InChI=1S/C11H12N2O/c1-9-6-13(8-12-9)11-4-2-10(7-14)3-5-11/h2-6,8,14H,7H2,1H3. The van der Waals surface area contributed by atoms with E-state index in [1.807, 2.05) is 42.0 Å². The fourth-order valence-electron chi connectivity index (χ4n) is 1.34. The highest BCUT2D eigenvalue weighted by Crippen LogP contribution is 2.10. The van der Waals surface area contributed by atoms with E-state index >= 15 is 0 Å². The van der Waals surface area contributed by atoms with Gasteiger partial charge in [0.2, 0.25) is 0 Å². The van der Waals surface area contributed by atoms with Crippen molar-refractivity contribution in [1.29, 1.82) is 0 Å². The second-order valence-electron chi connectivity index (χ2n) is 3.25. The van der Waals surface area contributed by atoms with Crippen LogP contribution in [-0.4, -0.2) is 14.7 Å². The Morgan fingerprint density at radius 1 is 1.29 bits per heavy atom. The van der Waals surface area contributed by atoms with Crippen LogP contribution in [0.5, 0.6) is 0 Å². The molecule has 0 atom stereocenters. The summed E-state index contributed by atoms with van der Waals surface area (Å²) in [5, 5.41) is 8.88. The van der Waals surface area contributed by atoms with Crippen molar-refractivity contribution in [2.45, 2.75) is 13.5 Å². The minimum Gasteiger partial charge on any atom is -0.392 e. The second kappa shape index (κ2) is 3.64. The van der Waals surface area contributed by atoms with Crippen LogP contribution < -0.4 is 0 Å². The van der Waals surface area contributed by atoms with Gasteiger partial charge in [-0.1, -0.05) is 12.1 Å². The number of nitrogens with zero attached hydrogens (tertiary/aromatic N) is 2. The number of aromatic nitrogens is 2. The molecule has 1 heterocycles. The Balaban J connectivity index is 2.33. The molecule has 2 aromatic rings. The topological polar surface area (TPSA) is 38.0 Å². The van der Waals surface area contributed by atoms with Gasteiger partial charge in [0.25, 0.3) is 0 Å². The molecule has 0 aliphatic rings. The van der Waals surface area contributed by atoms with E-state index in [0.717, 1.165) is 16.9 Å². The van der Waals surface area contributed by atoms with E-state index in [0.29, 0.717) is 0 Å². The molecule has 0 unspecified atom stereocenters. The van der Waals surface area contributed by atoms with Crippen LogP contribution in [0.4, 0.5) is 0 Å². The van der Waals surface area contributed by atoms with Gasteiger partial charge in [-0.15, -0.1) is 0 Å². The second-order valence-corrected chi connectivity index (χ2v) is 3.25. The van der Waals surface area contributed by atoms with E-state index < -0.39 is 0 Å². The number of hydrogen-bond acceptors (Lipinski definition) is 2. The summed E-state index contributed by atoms with van der Waals surface area (Å²) >= 11 is 0. The van der Waals surface area contributed by atoms with Crippen molar-refractivity contribution in [3.8, 4) is 5.69 Å². The Bertz CT molecular complexity index is 417. The van der Waals surface area contributed by atoms with Gasteiger partial charge in [0.15, 0.2) is 0 Å². The molecule has 1 aromatic carbocycles. The first-order valence-corrected chi connectivity index (χ1v) is 4.50. The number of hydrogen-bond donors (Lipinski definition) is 1. The fraction of sp³-hybridized carbons (Fsp3) is 0.182. The molecule has 0 spiro atoms. The predicted octanol–water partition coefficient (Wildman–Crippen LogP) is 1.67. The van der Waals surface area contributed by atoms with Crippen LogP contribution in [0, 0.1) is 6.92 Å². The molecule has 0 fully saturated rings. The fourth-order valence-corrected chi connectivity index (χ4v) is 1.34. The number of rotatable bonds is 2. The van der Waals surface area contributed by atoms with Gasteiger partial charge in [0.1, 0.15) is 0 Å². The van der Waals surface area contributed by atoms with Crippen molar-refractivity contribution in [3.63, 3.8) is 0 Å². The Kier molecular flexibility index (Phi) is 2.33. The predicted molar refractivity (Wildman–Crippen MR) is 54.2 cm³/mol. The van der Waals surface area contributed by atoms with Crippen LogP contribution in [0.2, 0.25) is 0 Å². The average molecular weight is 188 g/mol. The van der Waals surface area contributed by atoms with Crippen molar-refractivity contribution < 1.29 is 5.11 Å². The first-order chi connectivity index (χ1) is 6.79. The lowest BCUT2D eigenvalue weighted by Gasteiger charge is -2.02. The van der Waals surface area contributed by atoms with E-state index in [-0.39, 0.29) is 6.61 Å². The summed E-state index contributed by atoms with van der Waals surface area (Å²) in [6, 6.07) is 7.74. The van der Waals surface area contributed by atoms with Crippen LogP contribution >= 0.6 is 0 Å². The zero-order chi connectivity index (χ0) is 9.97. The van der Waals surface area contributed by atoms with Crippen LogP contribution in [0.3, 0.4) is 0 Å². The van der Waals surface area contributed by atoms with Crippen LogP contribution in [0.25, 0.3) is 5.69 Å². The summed E-state index contributed by atoms with van der Waals surface area (Å²) in [4.78, 5) is 4.15. The van der Waals surface area contributed by atoms with Gasteiger partial charge in [-0.05, 0) is 24.6 Å². The molecule has 3 nitrogen and oxygen atoms in total. The van der Waals surface area contributed by atoms with Gasteiger partial charge in [0, 0.05) is 11.9 Å². The molecule has 0 amide bonds. The first-order valence-electron chi connectivity index (χ1n) is 4.50. The third kappa shape index (κ3) is 1.67. The summed E-state index contributed by atoms with van der Waals surface area (Å²) in [5.74, 6) is 0.